The zero-order valence-corrected chi connectivity index (χ0v) is 10.4. The Kier molecular flexibility index (Phi) is 2.52. The smallest absolute Gasteiger partial charge is 0.328 e. The van der Waals surface area contributed by atoms with Gasteiger partial charge in [-0.3, -0.25) is 0 Å². The minimum atomic E-state index is -0.774. The van der Waals surface area contributed by atoms with Crippen LogP contribution in [-0.4, -0.2) is 60.1 Å². The third kappa shape index (κ3) is 1.70. The van der Waals surface area contributed by atoms with Gasteiger partial charge < -0.3 is 14.9 Å². The lowest BCUT2D eigenvalue weighted by Gasteiger charge is -2.51. The first-order valence-electron chi connectivity index (χ1n) is 6.53. The van der Waals surface area contributed by atoms with Crippen LogP contribution in [0.15, 0.2) is 11.6 Å². The Morgan fingerprint density at radius 1 is 1.41 bits per heavy atom. The van der Waals surface area contributed by atoms with Crippen molar-refractivity contribution in [3.8, 4) is 0 Å². The summed E-state index contributed by atoms with van der Waals surface area (Å²) in [6.45, 7) is 8.71. The number of carboxylic acids is 1. The molecule has 2 unspecified atom stereocenters. The fourth-order valence-corrected chi connectivity index (χ4v) is 3.98. The Morgan fingerprint density at radius 2 is 2.00 bits per heavy atom. The highest BCUT2D eigenvalue weighted by Gasteiger charge is 2.49. The summed E-state index contributed by atoms with van der Waals surface area (Å²) in [6.07, 6.45) is 2.56. The van der Waals surface area contributed by atoms with Gasteiger partial charge in [0.1, 0.15) is 0 Å². The van der Waals surface area contributed by atoms with Gasteiger partial charge in [-0.15, -0.1) is 0 Å². The average Bonchev–Trinajstić information content (AvgIpc) is 2.51. The molecule has 0 aromatic heterocycles. The molecule has 0 amide bonds. The lowest BCUT2D eigenvalue weighted by atomic mass is 9.66. The van der Waals surface area contributed by atoms with Gasteiger partial charge in [-0.25, -0.2) is 4.79 Å². The summed E-state index contributed by atoms with van der Waals surface area (Å²) >= 11 is 0. The van der Waals surface area contributed by atoms with Crippen LogP contribution in [0.25, 0.3) is 0 Å². The summed E-state index contributed by atoms with van der Waals surface area (Å²) in [7, 11) is 0. The summed E-state index contributed by atoms with van der Waals surface area (Å²) < 4.78 is 0. The molecule has 1 N–H and O–H groups in total. The number of piperidine rings is 2. The van der Waals surface area contributed by atoms with Gasteiger partial charge in [0.25, 0.3) is 0 Å². The molecular weight excluding hydrogens is 216 g/mol. The van der Waals surface area contributed by atoms with Crippen molar-refractivity contribution in [1.29, 1.82) is 0 Å². The summed E-state index contributed by atoms with van der Waals surface area (Å²) in [6, 6.07) is 0. The molecule has 4 fully saturated rings. The second-order valence-corrected chi connectivity index (χ2v) is 5.74. The van der Waals surface area contributed by atoms with Crippen molar-refractivity contribution < 1.29 is 9.90 Å². The Balaban J connectivity index is 2.03. The quantitative estimate of drug-likeness (QED) is 0.715. The molecule has 4 heterocycles. The lowest BCUT2D eigenvalue weighted by molar-refractivity contribution is -0.131. The fraction of sp³-hybridized carbons (Fsp3) is 0.769. The Labute approximate surface area is 102 Å². The predicted octanol–water partition coefficient (Wildman–Crippen LogP) is 0.655. The van der Waals surface area contributed by atoms with Gasteiger partial charge in [0.2, 0.25) is 0 Å². The second kappa shape index (κ2) is 3.82. The van der Waals surface area contributed by atoms with E-state index in [0.717, 1.165) is 45.7 Å². The number of hydrogen-bond acceptors (Lipinski definition) is 3. The maximum absolute atomic E-state index is 11.0. The molecule has 4 nitrogen and oxygen atoms in total. The van der Waals surface area contributed by atoms with E-state index in [-0.39, 0.29) is 5.41 Å². The molecule has 4 heteroatoms. The molecule has 94 valence electrons. The minimum Gasteiger partial charge on any atom is -0.478 e. The summed E-state index contributed by atoms with van der Waals surface area (Å²) in [5.41, 5.74) is 1.32. The third-order valence-electron chi connectivity index (χ3n) is 4.75. The van der Waals surface area contributed by atoms with Crippen LogP contribution in [0.3, 0.4) is 0 Å². The fourth-order valence-electron chi connectivity index (χ4n) is 3.98. The van der Waals surface area contributed by atoms with E-state index in [1.807, 2.05) is 0 Å². The second-order valence-electron chi connectivity index (χ2n) is 5.74. The van der Waals surface area contributed by atoms with Gasteiger partial charge in [0.15, 0.2) is 0 Å². The van der Waals surface area contributed by atoms with E-state index >= 15 is 0 Å². The van der Waals surface area contributed by atoms with Gasteiger partial charge in [-0.05, 0) is 12.0 Å². The largest absolute Gasteiger partial charge is 0.478 e. The van der Waals surface area contributed by atoms with Gasteiger partial charge >= 0.3 is 5.97 Å². The molecule has 0 radical (unpaired) electrons. The molecule has 0 aromatic rings. The van der Waals surface area contributed by atoms with Crippen LogP contribution >= 0.6 is 0 Å². The molecule has 0 spiro atoms. The van der Waals surface area contributed by atoms with E-state index < -0.39 is 5.97 Å². The van der Waals surface area contributed by atoms with Crippen molar-refractivity contribution in [1.82, 2.24) is 9.80 Å². The average molecular weight is 236 g/mol. The standard InChI is InChI=1S/C13H20N2O2/c1-2-13-8-14-3-4-15(9-13)7-10(6-14)11(13)5-12(16)17/h5,10H,2-4,6-9H2,1H3,(H,16,17)/b11-5+. The first-order chi connectivity index (χ1) is 8.13. The van der Waals surface area contributed by atoms with E-state index in [0.29, 0.717) is 5.92 Å². The van der Waals surface area contributed by atoms with Gasteiger partial charge in [0, 0.05) is 56.7 Å². The van der Waals surface area contributed by atoms with Gasteiger partial charge in [0.05, 0.1) is 0 Å². The normalized spacial score (nSPS) is 46.2. The van der Waals surface area contributed by atoms with E-state index in [1.54, 1.807) is 0 Å². The Morgan fingerprint density at radius 3 is 2.47 bits per heavy atom. The minimum absolute atomic E-state index is 0.107. The van der Waals surface area contributed by atoms with E-state index in [2.05, 4.69) is 16.7 Å². The van der Waals surface area contributed by atoms with E-state index in [9.17, 15) is 4.79 Å². The molecular formula is C13H20N2O2. The van der Waals surface area contributed by atoms with Gasteiger partial charge in [-0.1, -0.05) is 6.92 Å². The number of nitrogens with zero attached hydrogens (tertiary/aromatic N) is 2. The van der Waals surface area contributed by atoms with Crippen LogP contribution in [0.5, 0.6) is 0 Å². The molecule has 4 aliphatic rings. The summed E-state index contributed by atoms with van der Waals surface area (Å²) in [5.74, 6) is -0.333. The highest BCUT2D eigenvalue weighted by atomic mass is 16.4. The molecule has 4 bridgehead atoms. The molecule has 17 heavy (non-hydrogen) atoms. The molecule has 0 aliphatic carbocycles. The van der Waals surface area contributed by atoms with Crippen LogP contribution in [0.1, 0.15) is 13.3 Å². The van der Waals surface area contributed by atoms with Crippen molar-refractivity contribution in [2.24, 2.45) is 11.3 Å². The molecule has 4 rings (SSSR count). The number of fused-ring (bicyclic) bond motifs is 1. The predicted molar refractivity (Wildman–Crippen MR) is 64.8 cm³/mol. The van der Waals surface area contributed by atoms with Crippen LogP contribution < -0.4 is 0 Å². The van der Waals surface area contributed by atoms with Crippen molar-refractivity contribution in [3.05, 3.63) is 11.6 Å². The van der Waals surface area contributed by atoms with Crippen molar-refractivity contribution in [2.45, 2.75) is 13.3 Å². The maximum Gasteiger partial charge on any atom is 0.328 e. The first-order valence-corrected chi connectivity index (χ1v) is 6.53. The van der Waals surface area contributed by atoms with E-state index in [4.69, 9.17) is 5.11 Å². The number of hydrogen-bond donors (Lipinski definition) is 1. The van der Waals surface area contributed by atoms with Crippen LogP contribution in [0.2, 0.25) is 0 Å². The Hall–Kier alpha value is -0.870. The number of carbonyl (C=O) groups is 1. The number of carboxylic acid groups (broad SMARTS) is 1. The summed E-state index contributed by atoms with van der Waals surface area (Å²) in [5, 5.41) is 9.07. The van der Waals surface area contributed by atoms with Crippen molar-refractivity contribution in [3.63, 3.8) is 0 Å². The maximum atomic E-state index is 11.0. The lowest BCUT2D eigenvalue weighted by Crippen LogP contribution is -2.56. The van der Waals surface area contributed by atoms with Crippen molar-refractivity contribution >= 4 is 5.97 Å². The zero-order valence-electron chi connectivity index (χ0n) is 10.4. The molecule has 0 saturated carbocycles. The summed E-state index contributed by atoms with van der Waals surface area (Å²) in [4.78, 5) is 16.1. The van der Waals surface area contributed by atoms with Crippen LogP contribution in [0.4, 0.5) is 0 Å². The monoisotopic (exact) mass is 236 g/mol. The number of rotatable bonds is 2. The van der Waals surface area contributed by atoms with Crippen molar-refractivity contribution in [2.75, 3.05) is 39.3 Å². The SMILES string of the molecule is CCC12CN3CCN(CC(C3)/C1=C\C(=O)O)C2. The number of aliphatic carboxylic acids is 1. The van der Waals surface area contributed by atoms with Crippen LogP contribution in [-0.2, 0) is 4.79 Å². The molecule has 4 aliphatic heterocycles. The van der Waals surface area contributed by atoms with Gasteiger partial charge in [-0.2, -0.15) is 0 Å². The molecule has 0 aromatic carbocycles. The topological polar surface area (TPSA) is 43.8 Å². The van der Waals surface area contributed by atoms with Crippen LogP contribution in [0, 0.1) is 11.3 Å². The highest BCUT2D eigenvalue weighted by molar-refractivity contribution is 5.81. The first kappa shape index (κ1) is 11.2. The molecule has 2 atom stereocenters. The third-order valence-corrected chi connectivity index (χ3v) is 4.75. The highest BCUT2D eigenvalue weighted by Crippen LogP contribution is 2.46. The Bertz CT molecular complexity index is 362. The van der Waals surface area contributed by atoms with E-state index in [1.165, 1.54) is 11.6 Å². The molecule has 4 saturated heterocycles. The zero-order chi connectivity index (χ0) is 12.0.